The molecule has 4 nitrogen and oxygen atoms in total. The Morgan fingerprint density at radius 3 is 2.76 bits per heavy atom. The standard InChI is InChI=1S/C12H18N2O2S/c1-9(13)7-10-3-4-12-11(8-10)5-6-14(12)17(2,15)16/h3-4,8-9H,5-7,13H2,1-2H3. The molecule has 0 aliphatic carbocycles. The van der Waals surface area contributed by atoms with Crippen molar-refractivity contribution in [1.29, 1.82) is 0 Å². The number of sulfonamides is 1. The number of nitrogens with two attached hydrogens (primary N) is 1. The van der Waals surface area contributed by atoms with Gasteiger partial charge in [-0.3, -0.25) is 4.31 Å². The molecule has 0 aromatic heterocycles. The van der Waals surface area contributed by atoms with Gasteiger partial charge in [-0.25, -0.2) is 8.42 Å². The van der Waals surface area contributed by atoms with Gasteiger partial charge in [0.15, 0.2) is 0 Å². The Balaban J connectivity index is 2.32. The first-order chi connectivity index (χ1) is 7.88. The zero-order valence-electron chi connectivity index (χ0n) is 10.2. The Hall–Kier alpha value is -1.07. The topological polar surface area (TPSA) is 63.4 Å². The van der Waals surface area contributed by atoms with E-state index in [9.17, 15) is 8.42 Å². The first kappa shape index (κ1) is 12.4. The maximum atomic E-state index is 11.6. The number of nitrogens with zero attached hydrogens (tertiary/aromatic N) is 1. The molecule has 2 N–H and O–H groups in total. The van der Waals surface area contributed by atoms with Gasteiger partial charge in [0.1, 0.15) is 0 Å². The summed E-state index contributed by atoms with van der Waals surface area (Å²) in [4.78, 5) is 0. The van der Waals surface area contributed by atoms with Gasteiger partial charge >= 0.3 is 0 Å². The Labute approximate surface area is 102 Å². The fourth-order valence-electron chi connectivity index (χ4n) is 2.27. The molecular weight excluding hydrogens is 236 g/mol. The molecule has 1 aliphatic heterocycles. The van der Waals surface area contributed by atoms with Crippen molar-refractivity contribution in [2.45, 2.75) is 25.8 Å². The van der Waals surface area contributed by atoms with Gasteiger partial charge in [0.05, 0.1) is 11.9 Å². The first-order valence-electron chi connectivity index (χ1n) is 5.73. The Bertz CT molecular complexity index is 523. The highest BCUT2D eigenvalue weighted by atomic mass is 32.2. The fourth-order valence-corrected chi connectivity index (χ4v) is 3.23. The van der Waals surface area contributed by atoms with Crippen molar-refractivity contribution < 1.29 is 8.42 Å². The minimum Gasteiger partial charge on any atom is -0.328 e. The van der Waals surface area contributed by atoms with Crippen LogP contribution in [-0.2, 0) is 22.9 Å². The number of rotatable bonds is 3. The minimum atomic E-state index is -3.14. The van der Waals surface area contributed by atoms with Crippen molar-refractivity contribution in [2.24, 2.45) is 5.73 Å². The van der Waals surface area contributed by atoms with Gasteiger partial charge in [-0.1, -0.05) is 12.1 Å². The quantitative estimate of drug-likeness (QED) is 0.871. The zero-order valence-corrected chi connectivity index (χ0v) is 11.0. The highest BCUT2D eigenvalue weighted by molar-refractivity contribution is 7.92. The number of anilines is 1. The molecule has 5 heteroatoms. The third kappa shape index (κ3) is 2.61. The second kappa shape index (κ2) is 4.31. The summed E-state index contributed by atoms with van der Waals surface area (Å²) in [5.41, 5.74) is 8.86. The summed E-state index contributed by atoms with van der Waals surface area (Å²) < 4.78 is 24.6. The van der Waals surface area contributed by atoms with E-state index in [1.54, 1.807) is 0 Å². The molecule has 1 atom stereocenters. The van der Waals surface area contributed by atoms with Crippen molar-refractivity contribution in [3.05, 3.63) is 29.3 Å². The molecule has 0 spiro atoms. The van der Waals surface area contributed by atoms with Gasteiger partial charge in [0, 0.05) is 12.6 Å². The molecule has 1 aliphatic rings. The van der Waals surface area contributed by atoms with Gasteiger partial charge in [0.25, 0.3) is 0 Å². The zero-order chi connectivity index (χ0) is 12.6. The van der Waals surface area contributed by atoms with Crippen LogP contribution in [-0.4, -0.2) is 27.3 Å². The third-order valence-corrected chi connectivity index (χ3v) is 4.13. The van der Waals surface area contributed by atoms with Crippen LogP contribution in [0.15, 0.2) is 18.2 Å². The molecular formula is C12H18N2O2S. The monoisotopic (exact) mass is 254 g/mol. The van der Waals surface area contributed by atoms with Gasteiger partial charge in [-0.2, -0.15) is 0 Å². The summed E-state index contributed by atoms with van der Waals surface area (Å²) >= 11 is 0. The Kier molecular flexibility index (Phi) is 3.14. The lowest BCUT2D eigenvalue weighted by atomic mass is 10.0. The lowest BCUT2D eigenvalue weighted by Crippen LogP contribution is -2.27. The molecule has 1 aromatic carbocycles. The predicted octanol–water partition coefficient (Wildman–Crippen LogP) is 0.898. The number of benzene rings is 1. The van der Waals surface area contributed by atoms with E-state index in [1.807, 2.05) is 19.1 Å². The molecule has 1 aromatic rings. The molecule has 2 rings (SSSR count). The van der Waals surface area contributed by atoms with Gasteiger partial charge in [-0.15, -0.1) is 0 Å². The van der Waals surface area contributed by atoms with E-state index in [1.165, 1.54) is 16.1 Å². The normalized spacial score (nSPS) is 17.0. The SMILES string of the molecule is CC(N)Cc1ccc2c(c1)CCN2S(C)(=O)=O. The average molecular weight is 254 g/mol. The van der Waals surface area contributed by atoms with E-state index in [2.05, 4.69) is 6.07 Å². The Morgan fingerprint density at radius 1 is 1.47 bits per heavy atom. The van der Waals surface area contributed by atoms with Crippen molar-refractivity contribution in [2.75, 3.05) is 17.1 Å². The molecule has 1 unspecified atom stereocenters. The van der Waals surface area contributed by atoms with Crippen molar-refractivity contribution in [1.82, 2.24) is 0 Å². The summed E-state index contributed by atoms with van der Waals surface area (Å²) in [7, 11) is -3.14. The molecule has 0 amide bonds. The summed E-state index contributed by atoms with van der Waals surface area (Å²) in [5, 5.41) is 0. The second-order valence-electron chi connectivity index (χ2n) is 4.73. The van der Waals surface area contributed by atoms with E-state index < -0.39 is 10.0 Å². The van der Waals surface area contributed by atoms with Crippen molar-refractivity contribution >= 4 is 15.7 Å². The van der Waals surface area contributed by atoms with Crippen LogP contribution < -0.4 is 10.0 Å². The first-order valence-corrected chi connectivity index (χ1v) is 7.58. The van der Waals surface area contributed by atoms with E-state index in [4.69, 9.17) is 5.73 Å². The van der Waals surface area contributed by atoms with Crippen LogP contribution in [0, 0.1) is 0 Å². The van der Waals surface area contributed by atoms with Crippen LogP contribution in [0.5, 0.6) is 0 Å². The van der Waals surface area contributed by atoms with E-state index in [0.29, 0.717) is 6.54 Å². The average Bonchev–Trinajstić information content (AvgIpc) is 2.58. The summed E-state index contributed by atoms with van der Waals surface area (Å²) in [6.07, 6.45) is 2.86. The maximum absolute atomic E-state index is 11.6. The van der Waals surface area contributed by atoms with Crippen LogP contribution in [0.4, 0.5) is 5.69 Å². The predicted molar refractivity (Wildman–Crippen MR) is 69.7 cm³/mol. The second-order valence-corrected chi connectivity index (χ2v) is 6.64. The number of fused-ring (bicyclic) bond motifs is 1. The Morgan fingerprint density at radius 2 is 2.18 bits per heavy atom. The van der Waals surface area contributed by atoms with Crippen LogP contribution in [0.2, 0.25) is 0 Å². The van der Waals surface area contributed by atoms with Gasteiger partial charge in [-0.05, 0) is 37.0 Å². The van der Waals surface area contributed by atoms with Gasteiger partial charge < -0.3 is 5.73 Å². The molecule has 0 fully saturated rings. The molecule has 0 saturated heterocycles. The highest BCUT2D eigenvalue weighted by Crippen LogP contribution is 2.30. The van der Waals surface area contributed by atoms with Gasteiger partial charge in [0.2, 0.25) is 10.0 Å². The fraction of sp³-hybridized carbons (Fsp3) is 0.500. The summed E-state index contributed by atoms with van der Waals surface area (Å²) in [5.74, 6) is 0. The van der Waals surface area contributed by atoms with Crippen LogP contribution in [0.25, 0.3) is 0 Å². The maximum Gasteiger partial charge on any atom is 0.232 e. The van der Waals surface area contributed by atoms with Crippen LogP contribution >= 0.6 is 0 Å². The largest absolute Gasteiger partial charge is 0.328 e. The summed E-state index contributed by atoms with van der Waals surface area (Å²) in [6, 6.07) is 6.05. The van der Waals surface area contributed by atoms with Crippen LogP contribution in [0.1, 0.15) is 18.1 Å². The van der Waals surface area contributed by atoms with E-state index >= 15 is 0 Å². The molecule has 17 heavy (non-hydrogen) atoms. The molecule has 0 bridgehead atoms. The smallest absolute Gasteiger partial charge is 0.232 e. The number of hydrogen-bond donors (Lipinski definition) is 1. The van der Waals surface area contributed by atoms with Crippen molar-refractivity contribution in [3.63, 3.8) is 0 Å². The van der Waals surface area contributed by atoms with E-state index in [-0.39, 0.29) is 6.04 Å². The van der Waals surface area contributed by atoms with Crippen LogP contribution in [0.3, 0.4) is 0 Å². The third-order valence-electron chi connectivity index (χ3n) is 2.95. The van der Waals surface area contributed by atoms with Crippen molar-refractivity contribution in [3.8, 4) is 0 Å². The lowest BCUT2D eigenvalue weighted by molar-refractivity contribution is 0.598. The molecule has 0 radical (unpaired) electrons. The summed E-state index contributed by atoms with van der Waals surface area (Å²) in [6.45, 7) is 2.52. The lowest BCUT2D eigenvalue weighted by Gasteiger charge is -2.16. The minimum absolute atomic E-state index is 0.125. The van der Waals surface area contributed by atoms with E-state index in [0.717, 1.165) is 24.1 Å². The number of hydrogen-bond acceptors (Lipinski definition) is 3. The molecule has 94 valence electrons. The molecule has 1 heterocycles. The highest BCUT2D eigenvalue weighted by Gasteiger charge is 2.25. The molecule has 0 saturated carbocycles.